The highest BCUT2D eigenvalue weighted by atomic mass is 19.1. The minimum Gasteiger partial charge on any atom is -0.354 e. The number of pyridine rings is 1. The van der Waals surface area contributed by atoms with E-state index in [1.54, 1.807) is 35.5 Å². The molecule has 33 heavy (non-hydrogen) atoms. The molecule has 4 rings (SSSR count). The molecule has 0 bridgehead atoms. The van der Waals surface area contributed by atoms with Gasteiger partial charge < -0.3 is 21.3 Å². The molecule has 1 saturated heterocycles. The van der Waals surface area contributed by atoms with Crippen molar-refractivity contribution in [1.29, 1.82) is 0 Å². The van der Waals surface area contributed by atoms with Crippen LogP contribution in [0.2, 0.25) is 0 Å². The fourth-order valence-corrected chi connectivity index (χ4v) is 4.90. The maximum Gasteiger partial charge on any atom is 0.321 e. The van der Waals surface area contributed by atoms with Crippen LogP contribution in [0.25, 0.3) is 0 Å². The fourth-order valence-electron chi connectivity index (χ4n) is 4.90. The van der Waals surface area contributed by atoms with Crippen LogP contribution in [-0.2, 0) is 11.2 Å². The Bertz CT molecular complexity index is 963. The van der Waals surface area contributed by atoms with Gasteiger partial charge in [-0.1, -0.05) is 12.5 Å². The van der Waals surface area contributed by atoms with E-state index in [0.717, 1.165) is 31.2 Å². The zero-order valence-corrected chi connectivity index (χ0v) is 18.8. The number of nitrogens with two attached hydrogens (primary N) is 1. The summed E-state index contributed by atoms with van der Waals surface area (Å²) in [5, 5.41) is 5.88. The van der Waals surface area contributed by atoms with Crippen LogP contribution in [0.1, 0.15) is 49.1 Å². The Morgan fingerprint density at radius 1 is 1.12 bits per heavy atom. The molecular formula is C25H32FN5O2. The van der Waals surface area contributed by atoms with Crippen LogP contribution < -0.4 is 16.4 Å². The number of nitrogens with zero attached hydrogens (tertiary/aromatic N) is 2. The smallest absolute Gasteiger partial charge is 0.321 e. The van der Waals surface area contributed by atoms with Gasteiger partial charge in [-0.25, -0.2) is 9.18 Å². The van der Waals surface area contributed by atoms with Crippen molar-refractivity contribution >= 4 is 17.6 Å². The third-order valence-electron chi connectivity index (χ3n) is 6.89. The average molecular weight is 454 g/mol. The van der Waals surface area contributed by atoms with E-state index in [9.17, 15) is 14.0 Å². The van der Waals surface area contributed by atoms with Crippen LogP contribution in [0.5, 0.6) is 0 Å². The van der Waals surface area contributed by atoms with Crippen molar-refractivity contribution in [3.8, 4) is 0 Å². The number of rotatable bonds is 5. The number of benzene rings is 1. The minimum absolute atomic E-state index is 0.0221. The Morgan fingerprint density at radius 2 is 1.88 bits per heavy atom. The van der Waals surface area contributed by atoms with Gasteiger partial charge >= 0.3 is 6.03 Å². The molecule has 1 aliphatic heterocycles. The number of aromatic nitrogens is 1. The van der Waals surface area contributed by atoms with E-state index in [-0.39, 0.29) is 29.6 Å². The van der Waals surface area contributed by atoms with Crippen LogP contribution in [0.3, 0.4) is 0 Å². The molecule has 0 radical (unpaired) electrons. The molecule has 1 aromatic heterocycles. The first-order valence-electron chi connectivity index (χ1n) is 11.8. The first kappa shape index (κ1) is 23.2. The summed E-state index contributed by atoms with van der Waals surface area (Å²) in [7, 11) is 0. The van der Waals surface area contributed by atoms with Crippen molar-refractivity contribution in [3.05, 3.63) is 59.7 Å². The highest BCUT2D eigenvalue weighted by molar-refractivity contribution is 5.89. The van der Waals surface area contributed by atoms with Gasteiger partial charge in [0.25, 0.3) is 0 Å². The lowest BCUT2D eigenvalue weighted by Crippen LogP contribution is -2.51. The number of carbonyl (C=O) groups is 2. The van der Waals surface area contributed by atoms with Crippen molar-refractivity contribution < 1.29 is 14.0 Å². The summed E-state index contributed by atoms with van der Waals surface area (Å²) < 4.78 is 13.8. The average Bonchev–Trinajstić information content (AvgIpc) is 3.04. The second-order valence-electron chi connectivity index (χ2n) is 9.05. The van der Waals surface area contributed by atoms with Gasteiger partial charge in [-0.05, 0) is 73.4 Å². The number of aryl methyl sites for hydroxylation is 1. The quantitative estimate of drug-likeness (QED) is 0.604. The van der Waals surface area contributed by atoms with Crippen LogP contribution in [0.4, 0.5) is 14.9 Å². The van der Waals surface area contributed by atoms with Crippen molar-refractivity contribution in [2.45, 2.75) is 50.5 Å². The van der Waals surface area contributed by atoms with Crippen LogP contribution >= 0.6 is 0 Å². The number of anilines is 1. The minimum atomic E-state index is -0.617. The molecule has 2 aliphatic rings. The molecule has 2 atom stereocenters. The summed E-state index contributed by atoms with van der Waals surface area (Å²) in [5.41, 5.74) is 9.19. The number of halogens is 1. The number of urea groups is 1. The Labute approximate surface area is 193 Å². The van der Waals surface area contributed by atoms with E-state index >= 15 is 0 Å². The Balaban J connectivity index is 1.26. The summed E-state index contributed by atoms with van der Waals surface area (Å²) in [5.74, 6) is -0.276. The highest BCUT2D eigenvalue weighted by Gasteiger charge is 2.31. The van der Waals surface area contributed by atoms with Gasteiger partial charge in [0.2, 0.25) is 5.91 Å². The van der Waals surface area contributed by atoms with Gasteiger partial charge in [0.15, 0.2) is 0 Å². The van der Waals surface area contributed by atoms with E-state index in [0.29, 0.717) is 38.2 Å². The van der Waals surface area contributed by atoms with Gasteiger partial charge in [0.05, 0.1) is 6.04 Å². The molecule has 7 nitrogen and oxygen atoms in total. The van der Waals surface area contributed by atoms with Crippen LogP contribution in [0, 0.1) is 11.7 Å². The number of carbonyl (C=O) groups excluding carboxylic acids is 2. The number of amides is 3. The molecule has 4 N–H and O–H groups in total. The third-order valence-corrected chi connectivity index (χ3v) is 6.89. The summed E-state index contributed by atoms with van der Waals surface area (Å²) in [6.07, 6.45) is 8.63. The molecule has 1 fully saturated rings. The molecule has 2 heterocycles. The molecule has 2 unspecified atom stereocenters. The monoisotopic (exact) mass is 453 g/mol. The van der Waals surface area contributed by atoms with E-state index in [1.807, 2.05) is 6.07 Å². The van der Waals surface area contributed by atoms with Gasteiger partial charge in [-0.3, -0.25) is 9.78 Å². The molecule has 3 amide bonds. The Kier molecular flexibility index (Phi) is 7.54. The van der Waals surface area contributed by atoms with Gasteiger partial charge in [-0.2, -0.15) is 0 Å². The molecule has 2 aromatic rings. The Hall–Kier alpha value is -3.00. The van der Waals surface area contributed by atoms with E-state index < -0.39 is 6.04 Å². The third kappa shape index (κ3) is 5.87. The normalized spacial score (nSPS) is 19.8. The number of fused-ring (bicyclic) bond motifs is 1. The molecule has 0 saturated carbocycles. The Morgan fingerprint density at radius 3 is 2.64 bits per heavy atom. The fraction of sp³-hybridized carbons (Fsp3) is 0.480. The second-order valence-corrected chi connectivity index (χ2v) is 9.05. The van der Waals surface area contributed by atoms with Crippen molar-refractivity contribution in [1.82, 2.24) is 15.2 Å². The number of nitrogens with one attached hydrogen (secondary N) is 2. The molecule has 1 aromatic carbocycles. The first-order chi connectivity index (χ1) is 16.0. The summed E-state index contributed by atoms with van der Waals surface area (Å²) in [4.78, 5) is 31.0. The summed E-state index contributed by atoms with van der Waals surface area (Å²) in [6, 6.07) is 7.71. The van der Waals surface area contributed by atoms with Gasteiger partial charge in [0.1, 0.15) is 5.82 Å². The molecule has 176 valence electrons. The van der Waals surface area contributed by atoms with E-state index in [1.165, 1.54) is 11.6 Å². The van der Waals surface area contributed by atoms with Crippen molar-refractivity contribution in [2.75, 3.05) is 25.0 Å². The first-order valence-corrected chi connectivity index (χ1v) is 11.8. The lowest BCUT2D eigenvalue weighted by Gasteiger charge is -2.34. The zero-order valence-electron chi connectivity index (χ0n) is 18.8. The molecule has 8 heteroatoms. The van der Waals surface area contributed by atoms with E-state index in [4.69, 9.17) is 5.73 Å². The SMILES string of the molecule is NC(C(=O)NCC1CCCCc2ccc(F)cc21)C1CCN(C(=O)Nc2ccncc2)CC1. The highest BCUT2D eigenvalue weighted by Crippen LogP contribution is 2.31. The number of likely N-dealkylation sites (tertiary alicyclic amines) is 1. The predicted octanol–water partition coefficient (Wildman–Crippen LogP) is 3.42. The van der Waals surface area contributed by atoms with E-state index in [2.05, 4.69) is 15.6 Å². The largest absolute Gasteiger partial charge is 0.354 e. The van der Waals surface area contributed by atoms with Crippen LogP contribution in [0.15, 0.2) is 42.7 Å². The maximum atomic E-state index is 13.8. The van der Waals surface area contributed by atoms with Crippen molar-refractivity contribution in [2.24, 2.45) is 11.7 Å². The molecule has 0 spiro atoms. The summed E-state index contributed by atoms with van der Waals surface area (Å²) in [6.45, 7) is 1.58. The predicted molar refractivity (Wildman–Crippen MR) is 125 cm³/mol. The maximum absolute atomic E-state index is 13.8. The lowest BCUT2D eigenvalue weighted by atomic mass is 9.89. The molecule has 1 aliphatic carbocycles. The van der Waals surface area contributed by atoms with Gasteiger partial charge in [-0.15, -0.1) is 0 Å². The van der Waals surface area contributed by atoms with Gasteiger partial charge in [0, 0.05) is 43.6 Å². The number of hydrogen-bond acceptors (Lipinski definition) is 4. The number of piperidine rings is 1. The second kappa shape index (κ2) is 10.7. The summed E-state index contributed by atoms with van der Waals surface area (Å²) >= 11 is 0. The topological polar surface area (TPSA) is 100 Å². The number of hydrogen-bond donors (Lipinski definition) is 3. The molecular weight excluding hydrogens is 421 g/mol. The van der Waals surface area contributed by atoms with Crippen molar-refractivity contribution in [3.63, 3.8) is 0 Å². The standard InChI is InChI=1S/C25H32FN5O2/c26-20-6-5-17-3-1-2-4-19(22(17)15-20)16-29-24(32)23(27)18-9-13-31(14-10-18)25(33)30-21-7-11-28-12-8-21/h5-8,11-12,15,18-19,23H,1-4,9-10,13-14,16,27H2,(H,29,32)(H,28,30,33). The van der Waals surface area contributed by atoms with Crippen LogP contribution in [-0.4, -0.2) is 47.5 Å². The lowest BCUT2D eigenvalue weighted by molar-refractivity contribution is -0.123. The zero-order chi connectivity index (χ0) is 23.2.